The number of aliphatic hydroxyl groups is 1. The lowest BCUT2D eigenvalue weighted by Crippen LogP contribution is -2.28. The van der Waals surface area contributed by atoms with Gasteiger partial charge in [-0.3, -0.25) is 9.77 Å². The van der Waals surface area contributed by atoms with Crippen LogP contribution >= 0.6 is 0 Å². The molecule has 94 valence electrons. The van der Waals surface area contributed by atoms with E-state index in [1.807, 2.05) is 0 Å². The molecule has 0 saturated carbocycles. The van der Waals surface area contributed by atoms with Gasteiger partial charge in [0.05, 0.1) is 18.4 Å². The summed E-state index contributed by atoms with van der Waals surface area (Å²) in [4.78, 5) is 14.8. The van der Waals surface area contributed by atoms with Crippen molar-refractivity contribution in [3.05, 3.63) is 22.5 Å². The molecule has 1 aliphatic rings. The lowest BCUT2D eigenvalue weighted by Gasteiger charge is -2.13. The number of ether oxygens (including phenoxy) is 1. The third-order valence-electron chi connectivity index (χ3n) is 2.68. The second-order valence-electron chi connectivity index (χ2n) is 3.84. The monoisotopic (exact) mass is 245 g/mol. The van der Waals surface area contributed by atoms with Crippen LogP contribution in [0.1, 0.15) is 19.6 Å². The molecule has 0 amide bonds. The molecule has 0 bridgehead atoms. The number of anilines is 1. The average molecular weight is 245 g/mol. The summed E-state index contributed by atoms with van der Waals surface area (Å²) in [7, 11) is 0. The quantitative estimate of drug-likeness (QED) is 0.627. The Morgan fingerprint density at radius 1 is 1.71 bits per heavy atom. The van der Waals surface area contributed by atoms with Gasteiger partial charge in [-0.05, 0) is 6.92 Å². The smallest absolute Gasteiger partial charge is 0.351 e. The van der Waals surface area contributed by atoms with Crippen LogP contribution in [-0.4, -0.2) is 32.1 Å². The van der Waals surface area contributed by atoms with Crippen molar-refractivity contribution in [3.8, 4) is 0 Å². The fourth-order valence-corrected chi connectivity index (χ4v) is 1.70. The first kappa shape index (κ1) is 12.0. The molecule has 2 heterocycles. The highest BCUT2D eigenvalue weighted by Crippen LogP contribution is 2.27. The molecule has 2 rings (SSSR count). The fourth-order valence-electron chi connectivity index (χ4n) is 1.70. The van der Waals surface area contributed by atoms with E-state index < -0.39 is 35.8 Å². The molecule has 3 atom stereocenters. The molecular formula is C9H12FN3O4. The first-order valence-corrected chi connectivity index (χ1v) is 5.05. The van der Waals surface area contributed by atoms with Gasteiger partial charge in [0.25, 0.3) is 0 Å². The minimum Gasteiger partial charge on any atom is -0.390 e. The summed E-state index contributed by atoms with van der Waals surface area (Å²) in [6.45, 7) is 1.66. The summed E-state index contributed by atoms with van der Waals surface area (Å²) in [6, 6.07) is 0. The number of halogens is 1. The number of aliphatic hydroxyl groups excluding tert-OH is 1. The fraction of sp³-hybridized carbons (Fsp3) is 0.556. The van der Waals surface area contributed by atoms with E-state index in [9.17, 15) is 14.3 Å². The molecule has 1 aliphatic heterocycles. The number of hydrogen-bond donors (Lipinski definition) is 3. The van der Waals surface area contributed by atoms with Crippen LogP contribution in [0.5, 0.6) is 0 Å². The lowest BCUT2D eigenvalue weighted by molar-refractivity contribution is -0.0104. The normalized spacial score (nSPS) is 28.4. The SMILES string of the molecule is C[C@H]1O[C@@H](n2cc(F)c(NO)nc2=O)C[C@@H]1O. The molecule has 8 heteroatoms. The van der Waals surface area contributed by atoms with Crippen molar-refractivity contribution >= 4 is 5.82 Å². The molecule has 7 nitrogen and oxygen atoms in total. The Kier molecular flexibility index (Phi) is 3.09. The molecule has 0 aliphatic carbocycles. The third kappa shape index (κ3) is 2.14. The van der Waals surface area contributed by atoms with Gasteiger partial charge in [-0.25, -0.2) is 14.7 Å². The Morgan fingerprint density at radius 3 is 2.94 bits per heavy atom. The van der Waals surface area contributed by atoms with Gasteiger partial charge in [0.1, 0.15) is 6.23 Å². The molecular weight excluding hydrogens is 233 g/mol. The molecule has 17 heavy (non-hydrogen) atoms. The second kappa shape index (κ2) is 4.40. The van der Waals surface area contributed by atoms with Gasteiger partial charge >= 0.3 is 5.69 Å². The van der Waals surface area contributed by atoms with Crippen molar-refractivity contribution in [2.75, 3.05) is 5.48 Å². The summed E-state index contributed by atoms with van der Waals surface area (Å²) in [5.74, 6) is -1.43. The Bertz CT molecular complexity index is 468. The van der Waals surface area contributed by atoms with Crippen molar-refractivity contribution in [2.24, 2.45) is 0 Å². The highest BCUT2D eigenvalue weighted by Gasteiger charge is 2.32. The Hall–Kier alpha value is -1.51. The van der Waals surface area contributed by atoms with E-state index in [0.29, 0.717) is 0 Å². The van der Waals surface area contributed by atoms with Crippen LogP contribution in [-0.2, 0) is 4.74 Å². The maximum absolute atomic E-state index is 13.3. The number of aromatic nitrogens is 2. The molecule has 3 N–H and O–H groups in total. The molecule has 0 spiro atoms. The second-order valence-corrected chi connectivity index (χ2v) is 3.84. The van der Waals surface area contributed by atoms with E-state index in [1.54, 1.807) is 6.92 Å². The molecule has 1 fully saturated rings. The minimum absolute atomic E-state index is 0.189. The van der Waals surface area contributed by atoms with E-state index in [2.05, 4.69) is 4.98 Å². The van der Waals surface area contributed by atoms with Gasteiger partial charge < -0.3 is 9.84 Å². The van der Waals surface area contributed by atoms with Crippen LogP contribution in [0.15, 0.2) is 11.0 Å². The largest absolute Gasteiger partial charge is 0.390 e. The predicted octanol–water partition coefficient (Wildman–Crippen LogP) is -0.148. The van der Waals surface area contributed by atoms with Crippen LogP contribution in [0.2, 0.25) is 0 Å². The van der Waals surface area contributed by atoms with E-state index in [0.717, 1.165) is 10.8 Å². The third-order valence-corrected chi connectivity index (χ3v) is 2.68. The zero-order chi connectivity index (χ0) is 12.6. The van der Waals surface area contributed by atoms with Crippen LogP contribution in [0.4, 0.5) is 10.2 Å². The number of nitrogens with zero attached hydrogens (tertiary/aromatic N) is 2. The first-order valence-electron chi connectivity index (χ1n) is 5.05. The van der Waals surface area contributed by atoms with Crippen LogP contribution < -0.4 is 11.2 Å². The maximum atomic E-state index is 13.3. The maximum Gasteiger partial charge on any atom is 0.351 e. The van der Waals surface area contributed by atoms with Gasteiger partial charge in [0.15, 0.2) is 11.6 Å². The summed E-state index contributed by atoms with van der Waals surface area (Å²) in [6.07, 6.45) is -0.810. The molecule has 1 saturated heterocycles. The molecule has 0 unspecified atom stereocenters. The lowest BCUT2D eigenvalue weighted by atomic mass is 10.2. The summed E-state index contributed by atoms with van der Waals surface area (Å²) in [5.41, 5.74) is 0.713. The first-order chi connectivity index (χ1) is 8.02. The predicted molar refractivity (Wildman–Crippen MR) is 54.1 cm³/mol. The molecule has 1 aromatic rings. The Balaban J connectivity index is 2.34. The Morgan fingerprint density at radius 2 is 2.41 bits per heavy atom. The van der Waals surface area contributed by atoms with E-state index in [-0.39, 0.29) is 6.42 Å². The molecule has 0 radical (unpaired) electrons. The van der Waals surface area contributed by atoms with Gasteiger partial charge in [0.2, 0.25) is 0 Å². The average Bonchev–Trinajstić information content (AvgIpc) is 2.61. The van der Waals surface area contributed by atoms with Crippen molar-refractivity contribution in [1.82, 2.24) is 9.55 Å². The van der Waals surface area contributed by atoms with Gasteiger partial charge in [-0.2, -0.15) is 4.98 Å². The summed E-state index contributed by atoms with van der Waals surface area (Å²) < 4.78 is 19.6. The van der Waals surface area contributed by atoms with Gasteiger partial charge in [0, 0.05) is 6.42 Å². The number of hydrogen-bond acceptors (Lipinski definition) is 6. The Labute approximate surface area is 95.4 Å². The molecule has 1 aromatic heterocycles. The van der Waals surface area contributed by atoms with Gasteiger partial charge in [-0.1, -0.05) is 0 Å². The van der Waals surface area contributed by atoms with Crippen LogP contribution in [0.3, 0.4) is 0 Å². The number of rotatable bonds is 2. The van der Waals surface area contributed by atoms with E-state index in [1.165, 1.54) is 5.48 Å². The van der Waals surface area contributed by atoms with E-state index in [4.69, 9.17) is 9.94 Å². The minimum atomic E-state index is -0.884. The zero-order valence-corrected chi connectivity index (χ0v) is 9.00. The topological polar surface area (TPSA) is 96.6 Å². The van der Waals surface area contributed by atoms with Gasteiger partial charge in [-0.15, -0.1) is 0 Å². The van der Waals surface area contributed by atoms with E-state index >= 15 is 0 Å². The zero-order valence-electron chi connectivity index (χ0n) is 9.00. The van der Waals surface area contributed by atoms with Crippen molar-refractivity contribution in [1.29, 1.82) is 0 Å². The highest BCUT2D eigenvalue weighted by molar-refractivity contribution is 5.30. The summed E-state index contributed by atoms with van der Waals surface area (Å²) in [5, 5.41) is 18.0. The van der Waals surface area contributed by atoms with Crippen LogP contribution in [0, 0.1) is 5.82 Å². The van der Waals surface area contributed by atoms with Crippen LogP contribution in [0.25, 0.3) is 0 Å². The standard InChI is InChI=1S/C9H12FN3O4/c1-4-6(14)2-7(17-4)13-3-5(10)8(12-16)11-9(13)15/h3-4,6-7,14,16H,2H2,1H3,(H,11,12,15)/t4-,6+,7-/m1/s1. The molecule has 0 aromatic carbocycles. The van der Waals surface area contributed by atoms with Crippen molar-refractivity contribution in [2.45, 2.75) is 31.8 Å². The highest BCUT2D eigenvalue weighted by atomic mass is 19.1. The summed E-state index contributed by atoms with van der Waals surface area (Å²) >= 11 is 0. The van der Waals surface area contributed by atoms with Crippen molar-refractivity contribution < 1.29 is 19.4 Å². The number of nitrogens with one attached hydrogen (secondary N) is 1. The van der Waals surface area contributed by atoms with Crippen molar-refractivity contribution in [3.63, 3.8) is 0 Å².